The van der Waals surface area contributed by atoms with Gasteiger partial charge in [0, 0.05) is 72.2 Å². The molecule has 0 saturated heterocycles. The van der Waals surface area contributed by atoms with Gasteiger partial charge < -0.3 is 51.6 Å². The second kappa shape index (κ2) is 34.2. The van der Waals surface area contributed by atoms with E-state index in [9.17, 15) is 33.6 Å². The van der Waals surface area contributed by atoms with Crippen LogP contribution < -0.4 is 57.7 Å². The number of amides is 5. The number of thiophene rings is 1. The van der Waals surface area contributed by atoms with Gasteiger partial charge >= 0.3 is 0 Å². The standard InChI is InChI=1S/C8H10N2O2S.C7H8O3.C6H10N2OS.C6H14N2O.C5H10N2O2.C3H8N2S/c1-9-8(12)6-3-4-7(13-6)10(2)5-11;1-3-10-7-4(2)5(8)6(7)9;1-4-9-6-5(2)7-10(3)8-6;1-7-5-3-4-6(9)8-2;1-6-4(8)3-5(9)7-2;1-4-3(6)5-2/h3-5H,1-2H3,(H,9,12);3H2,1-2H3;3-4H2,1-2H3;7H,3-5H2,1-2H3,(H,8,9);3H2,1-2H3,(H,6,8)(H,7,9);1-2H3,(H2,4,5,6). The third-order valence-electron chi connectivity index (χ3n) is 6.39. The molecule has 0 aliphatic carbocycles. The number of nitrogens with zero attached hydrogens (tertiary/aromatic N) is 3. The van der Waals surface area contributed by atoms with Crippen molar-refractivity contribution in [2.24, 2.45) is 8.80 Å². The third kappa shape index (κ3) is 25.7. The first-order chi connectivity index (χ1) is 26.9. The van der Waals surface area contributed by atoms with Crippen molar-refractivity contribution in [2.45, 2.75) is 47.0 Å². The lowest BCUT2D eigenvalue weighted by Crippen LogP contribution is -2.35. The number of rotatable bonds is 12. The summed E-state index contributed by atoms with van der Waals surface area (Å²) in [5, 5.41) is 19.6. The van der Waals surface area contributed by atoms with Crippen molar-refractivity contribution >= 4 is 92.0 Å². The van der Waals surface area contributed by atoms with E-state index in [0.29, 0.717) is 47.5 Å². The van der Waals surface area contributed by atoms with Gasteiger partial charge in [-0.25, -0.2) is 4.40 Å². The number of carbonyl (C=O) groups excluding carboxylic acids is 5. The molecule has 7 N–H and O–H groups in total. The van der Waals surface area contributed by atoms with Crippen LogP contribution in [-0.2, 0) is 23.9 Å². The van der Waals surface area contributed by atoms with Gasteiger partial charge in [0.2, 0.25) is 35.5 Å². The zero-order chi connectivity index (χ0) is 44.5. The molecule has 3 rings (SSSR count). The molecule has 5 amide bonds. The lowest BCUT2D eigenvalue weighted by molar-refractivity contribution is -0.128. The van der Waals surface area contributed by atoms with E-state index < -0.39 is 21.7 Å². The van der Waals surface area contributed by atoms with Gasteiger partial charge in [0.1, 0.15) is 12.1 Å². The molecule has 1 aromatic heterocycles. The molecule has 1 unspecified atom stereocenters. The highest BCUT2D eigenvalue weighted by Gasteiger charge is 2.17. The van der Waals surface area contributed by atoms with Crippen molar-refractivity contribution in [2.75, 3.05) is 81.0 Å². The zero-order valence-corrected chi connectivity index (χ0v) is 37.4. The highest BCUT2D eigenvalue weighted by molar-refractivity contribution is 8.12. The zero-order valence-electron chi connectivity index (χ0n) is 34.9. The Hall–Kier alpha value is -5.06. The lowest BCUT2D eigenvalue weighted by atomic mass is 10.1. The van der Waals surface area contributed by atoms with Crippen molar-refractivity contribution in [3.8, 4) is 5.75 Å². The number of hydrogen-bond donors (Lipinski definition) is 7. The number of hydrogen-bond acceptors (Lipinski definition) is 14. The maximum absolute atomic E-state index is 11.1. The van der Waals surface area contributed by atoms with Crippen LogP contribution in [0.1, 0.15) is 55.3 Å². The van der Waals surface area contributed by atoms with Crippen molar-refractivity contribution in [3.05, 3.63) is 43.0 Å². The molecule has 0 saturated carbocycles. The van der Waals surface area contributed by atoms with E-state index in [1.165, 1.54) is 30.3 Å². The van der Waals surface area contributed by atoms with E-state index in [4.69, 9.17) is 9.47 Å². The Labute approximate surface area is 347 Å². The SMILES string of the molecule is C=S1N=C(C)C(OCC)=N1.CCOc1c(C)c(=O)c1=O.CNC(=O)CC(=O)NC.CNC(=O)c1ccc(N(C)C=O)s1.CNC(=S)NC.CNCCCC(=O)NC. The average Bonchev–Trinajstić information content (AvgIpc) is 3.85. The summed E-state index contributed by atoms with van der Waals surface area (Å²) in [5.74, 6) is 4.04. The molecule has 0 radical (unpaired) electrons. The number of thiocarbonyl (C=S) groups is 1. The van der Waals surface area contributed by atoms with Crippen LogP contribution in [0.25, 0.3) is 0 Å². The molecule has 1 aromatic carbocycles. The maximum atomic E-state index is 11.1. The summed E-state index contributed by atoms with van der Waals surface area (Å²) in [6.45, 7) is 9.16. The van der Waals surface area contributed by atoms with E-state index >= 15 is 0 Å². The molecule has 1 aliphatic rings. The fourth-order valence-electron chi connectivity index (χ4n) is 3.26. The smallest absolute Gasteiger partial charge is 0.268 e. The Morgan fingerprint density at radius 2 is 1.39 bits per heavy atom. The highest BCUT2D eigenvalue weighted by atomic mass is 32.2. The Morgan fingerprint density at radius 1 is 0.842 bits per heavy atom. The first kappa shape index (κ1) is 56.3. The largest absolute Gasteiger partial charge is 0.489 e. The molecular weight excluding hydrogens is 801 g/mol. The first-order valence-electron chi connectivity index (χ1n) is 17.3. The first-order valence-corrected chi connectivity index (χ1v) is 19.9. The summed E-state index contributed by atoms with van der Waals surface area (Å²) < 4.78 is 18.2. The van der Waals surface area contributed by atoms with E-state index in [-0.39, 0.29) is 35.8 Å². The molecule has 2 aromatic rings. The van der Waals surface area contributed by atoms with Crippen LogP contribution in [-0.4, -0.2) is 129 Å². The Balaban J connectivity index is -0.000000622. The van der Waals surface area contributed by atoms with Gasteiger partial charge in [-0.05, 0) is 77.9 Å². The van der Waals surface area contributed by atoms with Crippen LogP contribution in [0.4, 0.5) is 5.00 Å². The number of carbonyl (C=O) groups is 5. The predicted octanol–water partition coefficient (Wildman–Crippen LogP) is 0.427. The van der Waals surface area contributed by atoms with Crippen LogP contribution in [0.5, 0.6) is 5.75 Å². The Bertz CT molecular complexity index is 1690. The van der Waals surface area contributed by atoms with E-state index in [1.807, 2.05) is 20.9 Å². The predicted molar refractivity (Wildman–Crippen MR) is 237 cm³/mol. The fourth-order valence-corrected chi connectivity index (χ4v) is 4.95. The molecule has 1 atom stereocenters. The number of nitrogens with one attached hydrogen (secondary N) is 7. The summed E-state index contributed by atoms with van der Waals surface area (Å²) >= 11 is 5.92. The van der Waals surface area contributed by atoms with E-state index in [2.05, 4.69) is 64.1 Å². The number of anilines is 1. The van der Waals surface area contributed by atoms with Gasteiger partial charge in [0.05, 0.1) is 23.1 Å². The summed E-state index contributed by atoms with van der Waals surface area (Å²) in [6, 6.07) is 3.43. The molecule has 22 heteroatoms. The van der Waals surface area contributed by atoms with Crippen molar-refractivity contribution in [1.29, 1.82) is 0 Å². The molecule has 1 aliphatic heterocycles. The monoisotopic (exact) mass is 860 g/mol. The molecule has 322 valence electrons. The molecule has 0 bridgehead atoms. The molecule has 57 heavy (non-hydrogen) atoms. The minimum absolute atomic E-state index is 0.0903. The van der Waals surface area contributed by atoms with Crippen LogP contribution in [0, 0.1) is 6.92 Å². The van der Waals surface area contributed by atoms with Crippen LogP contribution >= 0.6 is 34.4 Å². The molecule has 0 fully saturated rings. The van der Waals surface area contributed by atoms with Gasteiger partial charge in [0.15, 0.2) is 10.9 Å². The van der Waals surface area contributed by atoms with Crippen LogP contribution in [0.3, 0.4) is 0 Å². The normalized spacial score (nSPS) is 11.6. The third-order valence-corrected chi connectivity index (χ3v) is 8.84. The summed E-state index contributed by atoms with van der Waals surface area (Å²) in [4.78, 5) is 76.1. The highest BCUT2D eigenvalue weighted by Crippen LogP contribution is 2.24. The topological polar surface area (TPSA) is 250 Å². The van der Waals surface area contributed by atoms with Gasteiger partial charge in [0.25, 0.3) is 11.3 Å². The summed E-state index contributed by atoms with van der Waals surface area (Å²) in [7, 11) is 12.9. The second-order valence-electron chi connectivity index (χ2n) is 10.6. The van der Waals surface area contributed by atoms with Crippen molar-refractivity contribution < 1.29 is 33.4 Å². The van der Waals surface area contributed by atoms with Crippen molar-refractivity contribution in [1.82, 2.24) is 37.2 Å². The van der Waals surface area contributed by atoms with Gasteiger partial charge in [-0.1, -0.05) is 0 Å². The maximum Gasteiger partial charge on any atom is 0.268 e. The number of ether oxygens (including phenoxy) is 2. The van der Waals surface area contributed by atoms with Crippen LogP contribution in [0.2, 0.25) is 0 Å². The fraction of sp³-hybridized carbons (Fsp3) is 0.514. The van der Waals surface area contributed by atoms with Gasteiger partial charge in [-0.2, -0.15) is 4.40 Å². The lowest BCUT2D eigenvalue weighted by Gasteiger charge is -2.05. The minimum Gasteiger partial charge on any atom is -0.489 e. The molecule has 19 nitrogen and oxygen atoms in total. The molecule has 0 spiro atoms. The summed E-state index contributed by atoms with van der Waals surface area (Å²) in [6.07, 6.45) is 2.15. The molecular formula is C35H60N10O9S3. The quantitative estimate of drug-likeness (QED) is 0.0504. The average molecular weight is 861 g/mol. The van der Waals surface area contributed by atoms with Gasteiger partial charge in [-0.3, -0.25) is 33.6 Å². The molecule has 2 heterocycles. The van der Waals surface area contributed by atoms with E-state index in [1.54, 1.807) is 61.2 Å². The van der Waals surface area contributed by atoms with Crippen LogP contribution in [0.15, 0.2) is 30.5 Å². The summed E-state index contributed by atoms with van der Waals surface area (Å²) in [5.41, 5.74) is 0.412. The second-order valence-corrected chi connectivity index (χ2v) is 13.1. The van der Waals surface area contributed by atoms with Gasteiger partial charge in [-0.15, -0.1) is 11.3 Å². The minimum atomic E-state index is -0.487. The van der Waals surface area contributed by atoms with E-state index in [0.717, 1.165) is 23.7 Å². The van der Waals surface area contributed by atoms with Crippen molar-refractivity contribution in [3.63, 3.8) is 0 Å². The Kier molecular flexibility index (Phi) is 33.8. The Morgan fingerprint density at radius 3 is 1.75 bits per heavy atom.